The summed E-state index contributed by atoms with van der Waals surface area (Å²) in [6.07, 6.45) is 2.63. The maximum absolute atomic E-state index is 10.7. The van der Waals surface area contributed by atoms with Gasteiger partial charge in [0.2, 0.25) is 0 Å². The summed E-state index contributed by atoms with van der Waals surface area (Å²) in [5, 5.41) is 0. The van der Waals surface area contributed by atoms with E-state index in [1.807, 2.05) is 6.92 Å². The number of ether oxygens (including phenoxy) is 2. The first-order valence-corrected chi connectivity index (χ1v) is 5.93. The molecule has 0 aromatic carbocycles. The Morgan fingerprint density at radius 1 is 1.25 bits per heavy atom. The number of hydrogen-bond acceptors (Lipinski definition) is 3. The van der Waals surface area contributed by atoms with Crippen LogP contribution >= 0.6 is 0 Å². The number of rotatable bonds is 8. The number of carbonyl (C=O) groups excluding carboxylic acids is 1. The topological polar surface area (TPSA) is 35.5 Å². The van der Waals surface area contributed by atoms with Crippen LogP contribution in [-0.2, 0) is 14.3 Å². The lowest BCUT2D eigenvalue weighted by Crippen LogP contribution is -2.32. The largest absolute Gasteiger partial charge is 0.461 e. The molecule has 0 aliphatic carbocycles. The predicted molar refractivity (Wildman–Crippen MR) is 65.3 cm³/mol. The van der Waals surface area contributed by atoms with Crippen LogP contribution in [0.5, 0.6) is 0 Å². The molecule has 0 aromatic rings. The lowest BCUT2D eigenvalue weighted by atomic mass is 9.89. The zero-order chi connectivity index (χ0) is 12.6. The molecule has 0 saturated heterocycles. The van der Waals surface area contributed by atoms with Gasteiger partial charge in [0.1, 0.15) is 6.61 Å². The van der Waals surface area contributed by atoms with E-state index in [0.717, 1.165) is 24.8 Å². The van der Waals surface area contributed by atoms with Crippen LogP contribution in [0.4, 0.5) is 0 Å². The van der Waals surface area contributed by atoms with Gasteiger partial charge in [-0.3, -0.25) is 4.79 Å². The van der Waals surface area contributed by atoms with E-state index in [4.69, 9.17) is 9.47 Å². The highest BCUT2D eigenvalue weighted by atomic mass is 16.5. The molecule has 0 saturated carbocycles. The Hall–Kier alpha value is -0.830. The molecule has 0 bridgehead atoms. The van der Waals surface area contributed by atoms with E-state index < -0.39 is 0 Å². The highest BCUT2D eigenvalue weighted by Gasteiger charge is 2.27. The molecule has 0 fully saturated rings. The fourth-order valence-corrected chi connectivity index (χ4v) is 1.77. The minimum atomic E-state index is -0.267. The molecule has 0 aliphatic heterocycles. The van der Waals surface area contributed by atoms with E-state index in [0.29, 0.717) is 13.2 Å². The van der Waals surface area contributed by atoms with Crippen LogP contribution in [0.15, 0.2) is 12.2 Å². The van der Waals surface area contributed by atoms with Gasteiger partial charge in [0.15, 0.2) is 0 Å². The normalized spacial score (nSPS) is 11.2. The molecular formula is C13H24O3. The highest BCUT2D eigenvalue weighted by Crippen LogP contribution is 2.28. The number of hydrogen-bond donors (Lipinski definition) is 0. The Morgan fingerprint density at radius 3 is 2.19 bits per heavy atom. The molecule has 3 nitrogen and oxygen atoms in total. The maximum Gasteiger partial charge on any atom is 0.302 e. The Morgan fingerprint density at radius 2 is 1.81 bits per heavy atom. The van der Waals surface area contributed by atoms with Gasteiger partial charge in [-0.1, -0.05) is 20.4 Å². The average molecular weight is 228 g/mol. The van der Waals surface area contributed by atoms with Crippen LogP contribution < -0.4 is 0 Å². The Labute approximate surface area is 98.8 Å². The Bertz CT molecular complexity index is 229. The molecule has 0 N–H and O–H groups in total. The summed E-state index contributed by atoms with van der Waals surface area (Å²) in [7, 11) is 0. The average Bonchev–Trinajstić information content (AvgIpc) is 2.25. The van der Waals surface area contributed by atoms with Gasteiger partial charge in [-0.25, -0.2) is 0 Å². The van der Waals surface area contributed by atoms with Gasteiger partial charge in [-0.2, -0.15) is 0 Å². The minimum absolute atomic E-state index is 0.147. The van der Waals surface area contributed by atoms with Crippen molar-refractivity contribution in [3.63, 3.8) is 0 Å². The fraction of sp³-hybridized carbons (Fsp3) is 0.769. The maximum atomic E-state index is 10.7. The van der Waals surface area contributed by atoms with Crippen LogP contribution in [-0.4, -0.2) is 24.8 Å². The van der Waals surface area contributed by atoms with Crippen molar-refractivity contribution in [1.29, 1.82) is 0 Å². The first kappa shape index (κ1) is 15.2. The molecule has 0 atom stereocenters. The molecule has 0 radical (unpaired) electrons. The molecule has 0 aromatic heterocycles. The minimum Gasteiger partial charge on any atom is -0.461 e. The third-order valence-corrected chi connectivity index (χ3v) is 2.79. The van der Waals surface area contributed by atoms with Crippen molar-refractivity contribution < 1.29 is 14.3 Å². The lowest BCUT2D eigenvalue weighted by molar-refractivity contribution is -0.140. The summed E-state index contributed by atoms with van der Waals surface area (Å²) in [6, 6.07) is 0. The van der Waals surface area contributed by atoms with Gasteiger partial charge in [0.25, 0.3) is 0 Å². The van der Waals surface area contributed by atoms with E-state index in [1.54, 1.807) is 0 Å². The van der Waals surface area contributed by atoms with Crippen molar-refractivity contribution in [3.8, 4) is 0 Å². The van der Waals surface area contributed by atoms with Gasteiger partial charge in [0.05, 0.1) is 5.60 Å². The molecule has 0 rings (SSSR count). The number of esters is 1. The van der Waals surface area contributed by atoms with Gasteiger partial charge >= 0.3 is 5.97 Å². The molecule has 0 amide bonds. The van der Waals surface area contributed by atoms with Crippen LogP contribution in [0, 0.1) is 0 Å². The molecule has 16 heavy (non-hydrogen) atoms. The predicted octanol–water partition coefficient (Wildman–Crippen LogP) is 3.09. The summed E-state index contributed by atoms with van der Waals surface area (Å²) in [6.45, 7) is 12.5. The summed E-state index contributed by atoms with van der Waals surface area (Å²) in [4.78, 5) is 10.7. The zero-order valence-corrected chi connectivity index (χ0v) is 11.0. The third kappa shape index (κ3) is 5.31. The first-order valence-electron chi connectivity index (χ1n) is 5.93. The summed E-state index contributed by atoms with van der Waals surface area (Å²) in [5.41, 5.74) is 0.763. The van der Waals surface area contributed by atoms with Crippen molar-refractivity contribution in [2.75, 3.05) is 13.2 Å². The zero-order valence-electron chi connectivity index (χ0n) is 11.0. The first-order chi connectivity index (χ1) is 7.49. The van der Waals surface area contributed by atoms with E-state index >= 15 is 0 Å². The number of carbonyl (C=O) groups is 1. The summed E-state index contributed by atoms with van der Waals surface area (Å²) < 4.78 is 10.7. The van der Waals surface area contributed by atoms with Crippen molar-refractivity contribution in [2.45, 2.75) is 52.6 Å². The van der Waals surface area contributed by atoms with E-state index in [1.165, 1.54) is 6.92 Å². The summed E-state index contributed by atoms with van der Waals surface area (Å²) in [5.74, 6) is -0.267. The van der Waals surface area contributed by atoms with Crippen LogP contribution in [0.3, 0.4) is 0 Å². The molecule has 0 heterocycles. The van der Waals surface area contributed by atoms with Gasteiger partial charge in [0, 0.05) is 20.0 Å². The van der Waals surface area contributed by atoms with Crippen molar-refractivity contribution >= 4 is 5.97 Å². The van der Waals surface area contributed by atoms with Gasteiger partial charge < -0.3 is 9.47 Å². The lowest BCUT2D eigenvalue weighted by Gasteiger charge is -2.32. The SMILES string of the molecule is C=C(COC(C)=O)CC(CC)(CC)OCC. The van der Waals surface area contributed by atoms with Crippen LogP contribution in [0.25, 0.3) is 0 Å². The van der Waals surface area contributed by atoms with Crippen LogP contribution in [0.1, 0.15) is 47.0 Å². The van der Waals surface area contributed by atoms with E-state index in [-0.39, 0.29) is 11.6 Å². The summed E-state index contributed by atoms with van der Waals surface area (Å²) >= 11 is 0. The standard InChI is InChI=1S/C13H24O3/c1-6-13(7-2,16-8-3)9-11(4)10-15-12(5)14/h4,6-10H2,1-3,5H3. The molecule has 3 heteroatoms. The second kappa shape index (κ2) is 7.44. The smallest absolute Gasteiger partial charge is 0.302 e. The Balaban J connectivity index is 4.27. The molecular weight excluding hydrogens is 204 g/mol. The fourth-order valence-electron chi connectivity index (χ4n) is 1.77. The molecule has 0 aliphatic rings. The Kier molecular flexibility index (Phi) is 7.06. The van der Waals surface area contributed by atoms with E-state index in [2.05, 4.69) is 20.4 Å². The molecule has 0 spiro atoms. The third-order valence-electron chi connectivity index (χ3n) is 2.79. The highest BCUT2D eigenvalue weighted by molar-refractivity contribution is 5.66. The van der Waals surface area contributed by atoms with Crippen LogP contribution in [0.2, 0.25) is 0 Å². The van der Waals surface area contributed by atoms with Gasteiger partial charge in [-0.15, -0.1) is 0 Å². The monoisotopic (exact) mass is 228 g/mol. The van der Waals surface area contributed by atoms with Crippen molar-refractivity contribution in [3.05, 3.63) is 12.2 Å². The quantitative estimate of drug-likeness (QED) is 0.473. The molecule has 0 unspecified atom stereocenters. The van der Waals surface area contributed by atoms with Crippen molar-refractivity contribution in [1.82, 2.24) is 0 Å². The molecule has 94 valence electrons. The van der Waals surface area contributed by atoms with Crippen molar-refractivity contribution in [2.24, 2.45) is 0 Å². The second-order valence-electron chi connectivity index (χ2n) is 4.03. The van der Waals surface area contributed by atoms with E-state index in [9.17, 15) is 4.79 Å². The van der Waals surface area contributed by atoms with Gasteiger partial charge in [-0.05, 0) is 25.3 Å². The second-order valence-corrected chi connectivity index (χ2v) is 4.03.